The quantitative estimate of drug-likeness (QED) is 0.537. The molecule has 0 aliphatic carbocycles. The van der Waals surface area contributed by atoms with Crippen LogP contribution in [0.25, 0.3) is 0 Å². The summed E-state index contributed by atoms with van der Waals surface area (Å²) in [6.45, 7) is 3.61. The van der Waals surface area contributed by atoms with Crippen LogP contribution in [0.2, 0.25) is 0 Å². The Kier molecular flexibility index (Phi) is 6.33. The molecule has 1 heterocycles. The summed E-state index contributed by atoms with van der Waals surface area (Å²) in [5.41, 5.74) is 0.721. The summed E-state index contributed by atoms with van der Waals surface area (Å²) in [4.78, 5) is 36.6. The number of esters is 1. The number of ether oxygens (including phenoxy) is 4. The molecule has 2 aromatic carbocycles. The molecule has 0 saturated carbocycles. The molecule has 1 amide bonds. The number of carbonyl (C=O) groups excluding carboxylic acids is 3. The van der Waals surface area contributed by atoms with Gasteiger partial charge < -0.3 is 24.3 Å². The first-order valence-corrected chi connectivity index (χ1v) is 9.12. The van der Waals surface area contributed by atoms with Crippen LogP contribution in [-0.4, -0.2) is 43.7 Å². The number of hydrogen-bond acceptors (Lipinski definition) is 7. The highest BCUT2D eigenvalue weighted by Gasteiger charge is 2.21. The third-order valence-electron chi connectivity index (χ3n) is 4.16. The number of rotatable bonds is 8. The molecular weight excluding hydrogens is 378 g/mol. The van der Waals surface area contributed by atoms with Crippen LogP contribution in [0.15, 0.2) is 42.5 Å². The van der Waals surface area contributed by atoms with Crippen LogP contribution in [0.5, 0.6) is 17.2 Å². The van der Waals surface area contributed by atoms with E-state index in [1.807, 2.05) is 6.92 Å². The Morgan fingerprint density at radius 2 is 1.72 bits per heavy atom. The van der Waals surface area contributed by atoms with E-state index >= 15 is 0 Å². The van der Waals surface area contributed by atoms with E-state index in [0.717, 1.165) is 0 Å². The van der Waals surface area contributed by atoms with Gasteiger partial charge >= 0.3 is 5.97 Å². The highest BCUT2D eigenvalue weighted by molar-refractivity contribution is 6.00. The van der Waals surface area contributed by atoms with E-state index in [9.17, 15) is 14.4 Å². The molecule has 0 fully saturated rings. The van der Waals surface area contributed by atoms with Crippen molar-refractivity contribution in [2.24, 2.45) is 0 Å². The topological polar surface area (TPSA) is 100 Å². The fraction of sp³-hybridized carbons (Fsp3) is 0.286. The van der Waals surface area contributed by atoms with E-state index in [-0.39, 0.29) is 19.1 Å². The Morgan fingerprint density at radius 1 is 1.03 bits per heavy atom. The van der Waals surface area contributed by atoms with Gasteiger partial charge in [-0.15, -0.1) is 0 Å². The van der Waals surface area contributed by atoms with Crippen molar-refractivity contribution in [1.29, 1.82) is 0 Å². The zero-order valence-electron chi connectivity index (χ0n) is 16.1. The molecule has 8 nitrogen and oxygen atoms in total. The van der Waals surface area contributed by atoms with E-state index in [2.05, 4.69) is 5.32 Å². The summed E-state index contributed by atoms with van der Waals surface area (Å²) in [5.74, 6) is 0.150. The average molecular weight is 399 g/mol. The second-order valence-electron chi connectivity index (χ2n) is 6.20. The fourth-order valence-corrected chi connectivity index (χ4v) is 2.70. The van der Waals surface area contributed by atoms with Crippen LogP contribution in [0, 0.1) is 0 Å². The molecule has 1 aliphatic heterocycles. The number of benzene rings is 2. The molecule has 0 bridgehead atoms. The lowest BCUT2D eigenvalue weighted by Gasteiger charge is -2.13. The molecule has 0 aromatic heterocycles. The highest BCUT2D eigenvalue weighted by atomic mass is 16.7. The van der Waals surface area contributed by atoms with Gasteiger partial charge in [-0.2, -0.15) is 0 Å². The van der Waals surface area contributed by atoms with Gasteiger partial charge in [-0.05, 0) is 56.3 Å². The van der Waals surface area contributed by atoms with Crippen LogP contribution >= 0.6 is 0 Å². The monoisotopic (exact) mass is 399 g/mol. The third kappa shape index (κ3) is 5.04. The van der Waals surface area contributed by atoms with Crippen LogP contribution < -0.4 is 19.5 Å². The van der Waals surface area contributed by atoms with Gasteiger partial charge in [-0.3, -0.25) is 14.4 Å². The summed E-state index contributed by atoms with van der Waals surface area (Å²) in [6, 6.07) is 11.3. The molecule has 1 unspecified atom stereocenters. The SMILES string of the molecule is CCOc1ccc(C(=O)C(C)OC(=O)CNC(=O)c2ccc3c(c2)OCO3)cc1. The first-order chi connectivity index (χ1) is 14.0. The van der Waals surface area contributed by atoms with Crippen molar-refractivity contribution in [3.8, 4) is 17.2 Å². The van der Waals surface area contributed by atoms with Crippen molar-refractivity contribution in [3.63, 3.8) is 0 Å². The summed E-state index contributed by atoms with van der Waals surface area (Å²) < 4.78 is 20.9. The fourth-order valence-electron chi connectivity index (χ4n) is 2.70. The Labute approximate surface area is 167 Å². The maximum Gasteiger partial charge on any atom is 0.326 e. The van der Waals surface area contributed by atoms with Gasteiger partial charge in [0.2, 0.25) is 12.6 Å². The molecule has 8 heteroatoms. The van der Waals surface area contributed by atoms with Crippen LogP contribution in [0.3, 0.4) is 0 Å². The van der Waals surface area contributed by atoms with E-state index in [1.165, 1.54) is 13.0 Å². The highest BCUT2D eigenvalue weighted by Crippen LogP contribution is 2.32. The first-order valence-electron chi connectivity index (χ1n) is 9.12. The third-order valence-corrected chi connectivity index (χ3v) is 4.16. The van der Waals surface area contributed by atoms with Gasteiger partial charge in [0.05, 0.1) is 6.61 Å². The lowest BCUT2D eigenvalue weighted by atomic mass is 10.1. The number of ketones is 1. The van der Waals surface area contributed by atoms with Gasteiger partial charge in [0.15, 0.2) is 17.6 Å². The molecular formula is C21H21NO7. The van der Waals surface area contributed by atoms with Gasteiger partial charge in [0.1, 0.15) is 12.3 Å². The van der Waals surface area contributed by atoms with E-state index in [4.69, 9.17) is 18.9 Å². The smallest absolute Gasteiger partial charge is 0.326 e. The van der Waals surface area contributed by atoms with Crippen LogP contribution in [-0.2, 0) is 9.53 Å². The predicted molar refractivity (Wildman–Crippen MR) is 102 cm³/mol. The van der Waals surface area contributed by atoms with Crippen molar-refractivity contribution < 1.29 is 33.3 Å². The standard InChI is InChI=1S/C21H21NO7/c1-3-26-16-7-4-14(5-8-16)20(24)13(2)29-19(23)11-22-21(25)15-6-9-17-18(10-15)28-12-27-17/h4-10,13H,3,11-12H2,1-2H3,(H,22,25). The molecule has 0 saturated heterocycles. The molecule has 1 N–H and O–H groups in total. The Morgan fingerprint density at radius 3 is 2.45 bits per heavy atom. The molecule has 1 aliphatic rings. The van der Waals surface area contributed by atoms with Crippen molar-refractivity contribution in [3.05, 3.63) is 53.6 Å². The van der Waals surface area contributed by atoms with Crippen molar-refractivity contribution in [1.82, 2.24) is 5.32 Å². The summed E-state index contributed by atoms with van der Waals surface area (Å²) in [5, 5.41) is 2.46. The summed E-state index contributed by atoms with van der Waals surface area (Å²) >= 11 is 0. The number of amides is 1. The van der Waals surface area contributed by atoms with Crippen molar-refractivity contribution >= 4 is 17.7 Å². The molecule has 29 heavy (non-hydrogen) atoms. The minimum atomic E-state index is -0.983. The molecule has 0 spiro atoms. The zero-order valence-corrected chi connectivity index (χ0v) is 16.1. The molecule has 3 rings (SSSR count). The number of nitrogens with one attached hydrogen (secondary N) is 1. The van der Waals surface area contributed by atoms with Crippen molar-refractivity contribution in [2.75, 3.05) is 19.9 Å². The first kappa shape index (κ1) is 20.2. The lowest BCUT2D eigenvalue weighted by molar-refractivity contribution is -0.145. The van der Waals surface area contributed by atoms with Crippen LogP contribution in [0.4, 0.5) is 0 Å². The molecule has 2 aromatic rings. The number of carbonyl (C=O) groups is 3. The number of fused-ring (bicyclic) bond motifs is 1. The Balaban J connectivity index is 1.49. The normalized spacial score (nSPS) is 12.8. The number of hydrogen-bond donors (Lipinski definition) is 1. The van der Waals surface area contributed by atoms with Gasteiger partial charge in [-0.25, -0.2) is 0 Å². The van der Waals surface area contributed by atoms with E-state index in [0.29, 0.717) is 35.0 Å². The predicted octanol–water partition coefficient (Wildman–Crippen LogP) is 2.36. The number of Topliss-reactive ketones (excluding diaryl/α,β-unsaturated/α-hetero) is 1. The van der Waals surface area contributed by atoms with Crippen LogP contribution in [0.1, 0.15) is 34.6 Å². The van der Waals surface area contributed by atoms with Gasteiger partial charge in [-0.1, -0.05) is 0 Å². The summed E-state index contributed by atoms with van der Waals surface area (Å²) in [7, 11) is 0. The Hall–Kier alpha value is -3.55. The zero-order chi connectivity index (χ0) is 20.8. The molecule has 152 valence electrons. The minimum Gasteiger partial charge on any atom is -0.494 e. The van der Waals surface area contributed by atoms with Gasteiger partial charge in [0, 0.05) is 11.1 Å². The maximum absolute atomic E-state index is 12.4. The van der Waals surface area contributed by atoms with E-state index in [1.54, 1.807) is 36.4 Å². The Bertz CT molecular complexity index is 908. The second kappa shape index (κ2) is 9.09. The molecule has 1 atom stereocenters. The summed E-state index contributed by atoms with van der Waals surface area (Å²) in [6.07, 6.45) is -0.983. The minimum absolute atomic E-state index is 0.104. The average Bonchev–Trinajstić information content (AvgIpc) is 3.20. The second-order valence-corrected chi connectivity index (χ2v) is 6.20. The largest absolute Gasteiger partial charge is 0.494 e. The van der Waals surface area contributed by atoms with Crippen molar-refractivity contribution in [2.45, 2.75) is 20.0 Å². The molecule has 0 radical (unpaired) electrons. The van der Waals surface area contributed by atoms with E-state index < -0.39 is 18.0 Å². The van der Waals surface area contributed by atoms with Gasteiger partial charge in [0.25, 0.3) is 5.91 Å². The lowest BCUT2D eigenvalue weighted by Crippen LogP contribution is -2.34. The maximum atomic E-state index is 12.4.